The van der Waals surface area contributed by atoms with E-state index in [2.05, 4.69) is 17.0 Å². The third-order valence-electron chi connectivity index (χ3n) is 3.68. The van der Waals surface area contributed by atoms with E-state index < -0.39 is 12.9 Å². The van der Waals surface area contributed by atoms with Crippen molar-refractivity contribution in [2.45, 2.75) is 19.6 Å². The Morgan fingerprint density at radius 3 is 2.25 bits per heavy atom. The van der Waals surface area contributed by atoms with Gasteiger partial charge in [-0.1, -0.05) is 36.4 Å². The molecule has 5 heteroatoms. The molecule has 2 aromatic carbocycles. The average Bonchev–Trinajstić information content (AvgIpc) is 2.83. The summed E-state index contributed by atoms with van der Waals surface area (Å²) in [6.07, 6.45) is 0. The summed E-state index contributed by atoms with van der Waals surface area (Å²) in [6.45, 7) is 2.16. The Morgan fingerprint density at radius 1 is 1.05 bits per heavy atom. The Hall–Kier alpha value is -1.69. The van der Waals surface area contributed by atoms with Crippen LogP contribution in [0.4, 0.5) is 4.39 Å². The minimum atomic E-state index is -1.63. The summed E-state index contributed by atoms with van der Waals surface area (Å²) in [7, 11) is -1.63. The quantitative estimate of drug-likeness (QED) is 0.819. The largest absolute Gasteiger partial charge is 0.488 e. The number of hydrogen-bond acceptors (Lipinski definition) is 3. The molecule has 3 nitrogen and oxygen atoms in total. The van der Waals surface area contributed by atoms with Crippen molar-refractivity contribution in [2.75, 3.05) is 0 Å². The highest BCUT2D eigenvalue weighted by molar-refractivity contribution is 6.58. The normalized spacial score (nSPS) is 14.3. The van der Waals surface area contributed by atoms with E-state index in [4.69, 9.17) is 10.0 Å². The molecule has 0 spiro atoms. The number of fused-ring (bicyclic) bond motifs is 1. The van der Waals surface area contributed by atoms with E-state index in [0.29, 0.717) is 12.1 Å². The molecule has 1 aliphatic rings. The van der Waals surface area contributed by atoms with Crippen LogP contribution in [-0.4, -0.2) is 22.1 Å². The third-order valence-corrected chi connectivity index (χ3v) is 3.68. The van der Waals surface area contributed by atoms with Gasteiger partial charge >= 0.3 is 7.12 Å². The van der Waals surface area contributed by atoms with Crippen LogP contribution in [0, 0.1) is 5.82 Å². The van der Waals surface area contributed by atoms with Crippen LogP contribution in [-0.2, 0) is 19.6 Å². The number of benzene rings is 2. The first-order valence-electron chi connectivity index (χ1n) is 6.57. The number of rotatable bonds is 3. The standard InChI is InChI=1S/C15H15BFNO2/c17-15-7-14(16(19)20)6-5-13(15)10-18-8-11-3-1-2-4-12(11)9-18/h1-7,19-20H,8-10H2. The van der Waals surface area contributed by atoms with Gasteiger partial charge in [-0.25, -0.2) is 4.39 Å². The van der Waals surface area contributed by atoms with E-state index in [1.165, 1.54) is 17.2 Å². The Bertz CT molecular complexity index is 608. The Kier molecular flexibility index (Phi) is 3.57. The second kappa shape index (κ2) is 5.36. The maximum Gasteiger partial charge on any atom is 0.488 e. The molecule has 2 N–H and O–H groups in total. The van der Waals surface area contributed by atoms with Crippen LogP contribution in [0.1, 0.15) is 16.7 Å². The predicted octanol–water partition coefficient (Wildman–Crippen LogP) is 1.02. The minimum Gasteiger partial charge on any atom is -0.423 e. The van der Waals surface area contributed by atoms with Crippen LogP contribution < -0.4 is 5.46 Å². The van der Waals surface area contributed by atoms with E-state index in [1.54, 1.807) is 12.1 Å². The van der Waals surface area contributed by atoms with Gasteiger partial charge in [-0.05, 0) is 22.7 Å². The van der Waals surface area contributed by atoms with Crippen LogP contribution in [0.2, 0.25) is 0 Å². The minimum absolute atomic E-state index is 0.177. The molecule has 0 amide bonds. The summed E-state index contributed by atoms with van der Waals surface area (Å²) in [5, 5.41) is 18.0. The predicted molar refractivity (Wildman–Crippen MR) is 75.6 cm³/mol. The van der Waals surface area contributed by atoms with Gasteiger partial charge in [-0.3, -0.25) is 4.90 Å². The smallest absolute Gasteiger partial charge is 0.423 e. The van der Waals surface area contributed by atoms with Crippen molar-refractivity contribution in [1.29, 1.82) is 0 Å². The fourth-order valence-corrected chi connectivity index (χ4v) is 2.61. The highest BCUT2D eigenvalue weighted by Crippen LogP contribution is 2.24. The fraction of sp³-hybridized carbons (Fsp3) is 0.200. The Balaban J connectivity index is 1.74. The van der Waals surface area contributed by atoms with Crippen molar-refractivity contribution in [3.05, 3.63) is 65.0 Å². The van der Waals surface area contributed by atoms with Gasteiger partial charge in [0.15, 0.2) is 0 Å². The highest BCUT2D eigenvalue weighted by atomic mass is 19.1. The van der Waals surface area contributed by atoms with Gasteiger partial charge in [0.25, 0.3) is 0 Å². The summed E-state index contributed by atoms with van der Waals surface area (Å²) in [5.41, 5.74) is 3.32. The van der Waals surface area contributed by atoms with Crippen molar-refractivity contribution in [2.24, 2.45) is 0 Å². The zero-order chi connectivity index (χ0) is 14.1. The maximum absolute atomic E-state index is 13.9. The van der Waals surface area contributed by atoms with Crippen molar-refractivity contribution in [3.8, 4) is 0 Å². The topological polar surface area (TPSA) is 43.7 Å². The molecule has 0 unspecified atom stereocenters. The van der Waals surface area contributed by atoms with Crippen molar-refractivity contribution in [1.82, 2.24) is 4.90 Å². The van der Waals surface area contributed by atoms with Gasteiger partial charge in [0.05, 0.1) is 0 Å². The molecule has 0 saturated heterocycles. The molecule has 102 valence electrons. The molecule has 0 saturated carbocycles. The molecule has 0 atom stereocenters. The van der Waals surface area contributed by atoms with E-state index in [0.717, 1.165) is 13.1 Å². The molecule has 0 fully saturated rings. The van der Waals surface area contributed by atoms with Gasteiger partial charge in [0, 0.05) is 25.2 Å². The zero-order valence-electron chi connectivity index (χ0n) is 11.0. The molecule has 0 aromatic heterocycles. The summed E-state index contributed by atoms with van der Waals surface area (Å²) >= 11 is 0. The lowest BCUT2D eigenvalue weighted by Crippen LogP contribution is -2.30. The molecule has 1 aliphatic heterocycles. The lowest BCUT2D eigenvalue weighted by atomic mass is 9.80. The number of nitrogens with zero attached hydrogens (tertiary/aromatic N) is 1. The van der Waals surface area contributed by atoms with Gasteiger partial charge in [-0.15, -0.1) is 0 Å². The van der Waals surface area contributed by atoms with Gasteiger partial charge in [0.2, 0.25) is 0 Å². The van der Waals surface area contributed by atoms with Crippen molar-refractivity contribution < 1.29 is 14.4 Å². The molecular weight excluding hydrogens is 256 g/mol. The zero-order valence-corrected chi connectivity index (χ0v) is 11.0. The summed E-state index contributed by atoms with van der Waals surface area (Å²) < 4.78 is 13.9. The van der Waals surface area contributed by atoms with E-state index in [9.17, 15) is 4.39 Å². The van der Waals surface area contributed by atoms with Crippen LogP contribution in [0.25, 0.3) is 0 Å². The highest BCUT2D eigenvalue weighted by Gasteiger charge is 2.20. The average molecular weight is 271 g/mol. The second-order valence-corrected chi connectivity index (χ2v) is 5.14. The van der Waals surface area contributed by atoms with E-state index in [-0.39, 0.29) is 5.46 Å². The van der Waals surface area contributed by atoms with Gasteiger partial charge in [0.1, 0.15) is 5.82 Å². The summed E-state index contributed by atoms with van der Waals surface area (Å²) in [4.78, 5) is 2.16. The van der Waals surface area contributed by atoms with E-state index >= 15 is 0 Å². The number of hydrogen-bond donors (Lipinski definition) is 2. The Morgan fingerprint density at radius 2 is 1.70 bits per heavy atom. The third kappa shape index (κ3) is 2.61. The van der Waals surface area contributed by atoms with E-state index in [1.807, 2.05) is 12.1 Å². The van der Waals surface area contributed by atoms with Crippen molar-refractivity contribution in [3.63, 3.8) is 0 Å². The van der Waals surface area contributed by atoms with Gasteiger partial charge in [-0.2, -0.15) is 0 Å². The molecule has 2 aromatic rings. The summed E-state index contributed by atoms with van der Waals surface area (Å²) in [5.74, 6) is -0.397. The molecule has 20 heavy (non-hydrogen) atoms. The molecular formula is C15H15BFNO2. The molecule has 0 radical (unpaired) electrons. The molecule has 0 bridgehead atoms. The lowest BCUT2D eigenvalue weighted by Gasteiger charge is -2.15. The first kappa shape index (κ1) is 13.3. The fourth-order valence-electron chi connectivity index (χ4n) is 2.61. The molecule has 1 heterocycles. The Labute approximate surface area is 117 Å². The maximum atomic E-state index is 13.9. The van der Waals surface area contributed by atoms with Crippen LogP contribution in [0.5, 0.6) is 0 Å². The SMILES string of the molecule is OB(O)c1ccc(CN2Cc3ccccc3C2)c(F)c1. The van der Waals surface area contributed by atoms with Crippen LogP contribution in [0.15, 0.2) is 42.5 Å². The van der Waals surface area contributed by atoms with Crippen LogP contribution in [0.3, 0.4) is 0 Å². The number of halogens is 1. The summed E-state index contributed by atoms with van der Waals surface area (Å²) in [6, 6.07) is 12.6. The lowest BCUT2D eigenvalue weighted by molar-refractivity contribution is 0.271. The van der Waals surface area contributed by atoms with Crippen LogP contribution >= 0.6 is 0 Å². The van der Waals surface area contributed by atoms with Gasteiger partial charge < -0.3 is 10.0 Å². The molecule has 3 rings (SSSR count). The first-order chi connectivity index (χ1) is 9.63. The van der Waals surface area contributed by atoms with Crippen molar-refractivity contribution >= 4 is 12.6 Å². The molecule has 0 aliphatic carbocycles. The second-order valence-electron chi connectivity index (χ2n) is 5.14. The first-order valence-corrected chi connectivity index (χ1v) is 6.57. The monoisotopic (exact) mass is 271 g/mol.